The number of benzene rings is 1. The molecular weight excluding hydrogens is 228 g/mol. The van der Waals surface area contributed by atoms with Crippen molar-refractivity contribution in [2.45, 2.75) is 13.5 Å². The zero-order valence-corrected chi connectivity index (χ0v) is 8.98. The minimum Gasteiger partial charge on any atom is -0.357 e. The van der Waals surface area contributed by atoms with Crippen LogP contribution in [0.4, 0.5) is 0 Å². The van der Waals surface area contributed by atoms with Crippen LogP contribution in [0.2, 0.25) is 0 Å². The summed E-state index contributed by atoms with van der Waals surface area (Å²) in [5.41, 5.74) is 9.05. The predicted octanol–water partition coefficient (Wildman–Crippen LogP) is 2.70. The number of aromatic amines is 1. The van der Waals surface area contributed by atoms with E-state index in [1.807, 2.05) is 0 Å². The summed E-state index contributed by atoms with van der Waals surface area (Å²) in [4.78, 5) is 3.27. The number of hydrogen-bond acceptors (Lipinski definition) is 1. The van der Waals surface area contributed by atoms with E-state index in [9.17, 15) is 0 Å². The van der Waals surface area contributed by atoms with Crippen molar-refractivity contribution in [3.05, 3.63) is 33.9 Å². The fraction of sp³-hybridized carbons (Fsp3) is 0.200. The molecule has 0 saturated heterocycles. The van der Waals surface area contributed by atoms with Gasteiger partial charge >= 0.3 is 0 Å². The molecule has 0 atom stereocenters. The second kappa shape index (κ2) is 3.16. The minimum atomic E-state index is 0.561. The van der Waals surface area contributed by atoms with E-state index < -0.39 is 0 Å². The zero-order valence-electron chi connectivity index (χ0n) is 7.39. The van der Waals surface area contributed by atoms with Gasteiger partial charge in [-0.3, -0.25) is 0 Å². The molecule has 0 radical (unpaired) electrons. The number of H-pyrrole nitrogens is 1. The number of aryl methyl sites for hydroxylation is 1. The van der Waals surface area contributed by atoms with Gasteiger partial charge in [-0.05, 0) is 30.7 Å². The lowest BCUT2D eigenvalue weighted by atomic mass is 10.1. The SMILES string of the molecule is Cc1c(Br)ccc2[nH]c(CN)cc12. The third-order valence-electron chi connectivity index (χ3n) is 2.28. The monoisotopic (exact) mass is 238 g/mol. The fourth-order valence-electron chi connectivity index (χ4n) is 1.49. The molecule has 2 rings (SSSR count). The third-order valence-corrected chi connectivity index (χ3v) is 3.14. The Morgan fingerprint density at radius 1 is 1.46 bits per heavy atom. The molecular formula is C10H11BrN2. The predicted molar refractivity (Wildman–Crippen MR) is 58.6 cm³/mol. The van der Waals surface area contributed by atoms with E-state index in [4.69, 9.17) is 5.73 Å². The van der Waals surface area contributed by atoms with E-state index in [-0.39, 0.29) is 0 Å². The molecule has 2 aromatic rings. The average molecular weight is 239 g/mol. The van der Waals surface area contributed by atoms with Gasteiger partial charge in [-0.2, -0.15) is 0 Å². The number of aromatic nitrogens is 1. The van der Waals surface area contributed by atoms with E-state index in [1.165, 1.54) is 10.9 Å². The summed E-state index contributed by atoms with van der Waals surface area (Å²) in [7, 11) is 0. The molecule has 1 heterocycles. The molecule has 13 heavy (non-hydrogen) atoms. The summed E-state index contributed by atoms with van der Waals surface area (Å²) in [5, 5.41) is 1.25. The van der Waals surface area contributed by atoms with Crippen LogP contribution in [0.5, 0.6) is 0 Å². The van der Waals surface area contributed by atoms with Crippen LogP contribution in [-0.4, -0.2) is 4.98 Å². The largest absolute Gasteiger partial charge is 0.357 e. The van der Waals surface area contributed by atoms with Gasteiger partial charge in [-0.1, -0.05) is 15.9 Å². The topological polar surface area (TPSA) is 41.8 Å². The first kappa shape index (κ1) is 8.78. The van der Waals surface area contributed by atoms with Crippen LogP contribution in [0.15, 0.2) is 22.7 Å². The molecule has 0 saturated carbocycles. The first-order valence-corrected chi connectivity index (χ1v) is 4.98. The number of hydrogen-bond donors (Lipinski definition) is 2. The van der Waals surface area contributed by atoms with Gasteiger partial charge < -0.3 is 10.7 Å². The Balaban J connectivity index is 2.76. The van der Waals surface area contributed by atoms with Crippen molar-refractivity contribution in [1.29, 1.82) is 0 Å². The number of rotatable bonds is 1. The fourth-order valence-corrected chi connectivity index (χ4v) is 1.84. The molecule has 0 aliphatic rings. The maximum atomic E-state index is 5.56. The summed E-state index contributed by atoms with van der Waals surface area (Å²) in [6.07, 6.45) is 0. The summed E-state index contributed by atoms with van der Waals surface area (Å²) < 4.78 is 1.14. The van der Waals surface area contributed by atoms with Crippen molar-refractivity contribution in [1.82, 2.24) is 4.98 Å². The summed E-state index contributed by atoms with van der Waals surface area (Å²) in [5.74, 6) is 0. The second-order valence-corrected chi connectivity index (χ2v) is 3.99. The third kappa shape index (κ3) is 1.38. The first-order valence-electron chi connectivity index (χ1n) is 4.19. The number of nitrogens with two attached hydrogens (primary N) is 1. The molecule has 1 aromatic heterocycles. The first-order chi connectivity index (χ1) is 6.22. The summed E-state index contributed by atoms with van der Waals surface area (Å²) in [6, 6.07) is 6.22. The molecule has 1 aromatic carbocycles. The lowest BCUT2D eigenvalue weighted by Crippen LogP contribution is -1.94. The van der Waals surface area contributed by atoms with Crippen molar-refractivity contribution in [3.63, 3.8) is 0 Å². The van der Waals surface area contributed by atoms with Gasteiger partial charge in [0, 0.05) is 27.6 Å². The van der Waals surface area contributed by atoms with Crippen molar-refractivity contribution in [2.75, 3.05) is 0 Å². The molecule has 0 aliphatic carbocycles. The van der Waals surface area contributed by atoms with Crippen molar-refractivity contribution >= 4 is 26.8 Å². The van der Waals surface area contributed by atoms with Gasteiger partial charge in [0.2, 0.25) is 0 Å². The van der Waals surface area contributed by atoms with Crippen LogP contribution in [0.25, 0.3) is 10.9 Å². The standard InChI is InChI=1S/C10H11BrN2/c1-6-8-4-7(5-12)13-10(8)3-2-9(6)11/h2-4,13H,5,12H2,1H3. The molecule has 0 fully saturated rings. The minimum absolute atomic E-state index is 0.561. The molecule has 0 spiro atoms. The Kier molecular flexibility index (Phi) is 2.14. The van der Waals surface area contributed by atoms with Gasteiger partial charge in [0.15, 0.2) is 0 Å². The maximum absolute atomic E-state index is 5.56. The maximum Gasteiger partial charge on any atom is 0.0459 e. The van der Waals surface area contributed by atoms with Crippen molar-refractivity contribution in [2.24, 2.45) is 5.73 Å². The van der Waals surface area contributed by atoms with Crippen LogP contribution >= 0.6 is 15.9 Å². The Labute approximate surface area is 85.3 Å². The van der Waals surface area contributed by atoms with Gasteiger partial charge in [0.25, 0.3) is 0 Å². The molecule has 0 unspecified atom stereocenters. The van der Waals surface area contributed by atoms with Crippen LogP contribution in [0.1, 0.15) is 11.3 Å². The Morgan fingerprint density at radius 3 is 2.92 bits per heavy atom. The van der Waals surface area contributed by atoms with Crippen LogP contribution in [0.3, 0.4) is 0 Å². The summed E-state index contributed by atoms with van der Waals surface area (Å²) in [6.45, 7) is 2.66. The van der Waals surface area contributed by atoms with Crippen LogP contribution in [-0.2, 0) is 6.54 Å². The molecule has 0 aliphatic heterocycles. The highest BCUT2D eigenvalue weighted by atomic mass is 79.9. The highest BCUT2D eigenvalue weighted by Gasteiger charge is 2.04. The second-order valence-electron chi connectivity index (χ2n) is 3.13. The molecule has 0 bridgehead atoms. The average Bonchev–Trinajstić information content (AvgIpc) is 2.55. The van der Waals surface area contributed by atoms with Gasteiger partial charge in [0.1, 0.15) is 0 Å². The number of nitrogens with one attached hydrogen (secondary N) is 1. The highest BCUT2D eigenvalue weighted by Crippen LogP contribution is 2.25. The van der Waals surface area contributed by atoms with E-state index in [0.29, 0.717) is 6.54 Å². The number of halogens is 1. The van der Waals surface area contributed by atoms with Crippen molar-refractivity contribution < 1.29 is 0 Å². The molecule has 0 amide bonds. The van der Waals surface area contributed by atoms with Crippen molar-refractivity contribution in [3.8, 4) is 0 Å². The Morgan fingerprint density at radius 2 is 2.23 bits per heavy atom. The molecule has 2 nitrogen and oxygen atoms in total. The zero-order chi connectivity index (χ0) is 9.42. The smallest absolute Gasteiger partial charge is 0.0459 e. The lowest BCUT2D eigenvalue weighted by Gasteiger charge is -1.97. The van der Waals surface area contributed by atoms with Gasteiger partial charge in [0.05, 0.1) is 0 Å². The molecule has 3 N–H and O–H groups in total. The van der Waals surface area contributed by atoms with Crippen LogP contribution in [0, 0.1) is 6.92 Å². The summed E-state index contributed by atoms with van der Waals surface area (Å²) >= 11 is 3.50. The Bertz CT molecular complexity index is 445. The normalized spacial score (nSPS) is 11.0. The number of fused-ring (bicyclic) bond motifs is 1. The van der Waals surface area contributed by atoms with E-state index in [2.05, 4.69) is 46.0 Å². The van der Waals surface area contributed by atoms with Gasteiger partial charge in [-0.15, -0.1) is 0 Å². The molecule has 3 heteroatoms. The molecule has 68 valence electrons. The van der Waals surface area contributed by atoms with E-state index in [0.717, 1.165) is 15.7 Å². The quantitative estimate of drug-likeness (QED) is 0.789. The highest BCUT2D eigenvalue weighted by molar-refractivity contribution is 9.10. The van der Waals surface area contributed by atoms with E-state index >= 15 is 0 Å². The van der Waals surface area contributed by atoms with E-state index in [1.54, 1.807) is 0 Å². The lowest BCUT2D eigenvalue weighted by molar-refractivity contribution is 1.02. The van der Waals surface area contributed by atoms with Crippen LogP contribution < -0.4 is 5.73 Å². The Hall–Kier alpha value is -0.800. The van der Waals surface area contributed by atoms with Gasteiger partial charge in [-0.25, -0.2) is 0 Å².